The molecule has 2 aromatic rings. The van der Waals surface area contributed by atoms with Crippen LogP contribution in [0.5, 0.6) is 0 Å². The number of carbonyl (C=O) groups is 3. The number of Topliss-reactive ketones (excluding diaryl/α,β-unsaturated/α-hetero) is 1. The highest BCUT2D eigenvalue weighted by Crippen LogP contribution is 2.27. The summed E-state index contributed by atoms with van der Waals surface area (Å²) in [7, 11) is 0. The fourth-order valence-corrected chi connectivity index (χ4v) is 3.14. The molecule has 2 N–H and O–H groups in total. The molecule has 1 aliphatic rings. The number of fused-ring (bicyclic) bond motifs is 1. The van der Waals surface area contributed by atoms with Gasteiger partial charge in [0.1, 0.15) is 0 Å². The van der Waals surface area contributed by atoms with E-state index in [2.05, 4.69) is 15.5 Å². The van der Waals surface area contributed by atoms with Crippen LogP contribution in [-0.4, -0.2) is 32.7 Å². The molecule has 0 saturated carbocycles. The van der Waals surface area contributed by atoms with E-state index in [4.69, 9.17) is 0 Å². The molecule has 0 unspecified atom stereocenters. The lowest BCUT2D eigenvalue weighted by Crippen LogP contribution is -2.23. The second kappa shape index (κ2) is 6.33. The second-order valence-corrected chi connectivity index (χ2v) is 6.30. The lowest BCUT2D eigenvalue weighted by molar-refractivity contribution is -0.129. The molecule has 0 aliphatic carbocycles. The Balaban J connectivity index is 1.56. The molecule has 7 nitrogen and oxygen atoms in total. The number of nitrogens with zero attached hydrogens (tertiary/aromatic N) is 2. The Morgan fingerprint density at radius 2 is 2.17 bits per heavy atom. The van der Waals surface area contributed by atoms with Crippen LogP contribution < -0.4 is 5.32 Å². The number of anilines is 1. The summed E-state index contributed by atoms with van der Waals surface area (Å²) in [4.78, 5) is 37.6. The van der Waals surface area contributed by atoms with E-state index in [0.29, 0.717) is 23.8 Å². The molecule has 0 atom stereocenters. The number of hydrogen-bond acceptors (Lipinski definition) is 5. The van der Waals surface area contributed by atoms with Gasteiger partial charge in [0.2, 0.25) is 11.8 Å². The molecule has 120 valence electrons. The maximum Gasteiger partial charge on any atom is 0.226 e. The zero-order valence-electron chi connectivity index (χ0n) is 12.6. The Kier molecular flexibility index (Phi) is 4.24. The molecule has 0 spiro atoms. The van der Waals surface area contributed by atoms with Crippen LogP contribution >= 0.6 is 11.3 Å². The van der Waals surface area contributed by atoms with Gasteiger partial charge in [0.15, 0.2) is 11.6 Å². The Morgan fingerprint density at radius 3 is 2.87 bits per heavy atom. The van der Waals surface area contributed by atoms with Crippen molar-refractivity contribution < 1.29 is 14.4 Å². The summed E-state index contributed by atoms with van der Waals surface area (Å²) in [6.07, 6.45) is 0.271. The van der Waals surface area contributed by atoms with Crippen molar-refractivity contribution in [1.82, 2.24) is 15.1 Å². The fourth-order valence-electron chi connectivity index (χ4n) is 2.45. The molecule has 2 amide bonds. The number of nitrogens with one attached hydrogen (secondary N) is 2. The lowest BCUT2D eigenvalue weighted by atomic mass is 10.2. The standard InChI is InChI=1S/C15H16N4O3S/c1-9(20)19-7-10-11(8-19)17-18-15(10)16-14(22)5-4-12(21)13-3-2-6-23-13/h2-3,6H,4-5,7-8H2,1H3,(H2,16,17,18,22). The number of ketones is 1. The molecule has 2 aromatic heterocycles. The van der Waals surface area contributed by atoms with Gasteiger partial charge in [0, 0.05) is 25.3 Å². The van der Waals surface area contributed by atoms with E-state index < -0.39 is 0 Å². The molecule has 0 radical (unpaired) electrons. The summed E-state index contributed by atoms with van der Waals surface area (Å²) in [5.41, 5.74) is 1.67. The van der Waals surface area contributed by atoms with Crippen molar-refractivity contribution in [2.45, 2.75) is 32.9 Å². The molecule has 0 bridgehead atoms. The van der Waals surface area contributed by atoms with Crippen LogP contribution in [-0.2, 0) is 22.7 Å². The number of aromatic amines is 1. The summed E-state index contributed by atoms with van der Waals surface area (Å²) in [5.74, 6) is 0.126. The molecule has 8 heteroatoms. The van der Waals surface area contributed by atoms with Gasteiger partial charge in [-0.2, -0.15) is 5.10 Å². The number of carbonyl (C=O) groups excluding carboxylic acids is 3. The molecule has 3 rings (SSSR count). The molecule has 3 heterocycles. The lowest BCUT2D eigenvalue weighted by Gasteiger charge is -2.12. The molecular weight excluding hydrogens is 316 g/mol. The van der Waals surface area contributed by atoms with Crippen LogP contribution in [0.1, 0.15) is 40.7 Å². The largest absolute Gasteiger partial charge is 0.333 e. The quantitative estimate of drug-likeness (QED) is 0.818. The third kappa shape index (κ3) is 3.31. The van der Waals surface area contributed by atoms with Crippen LogP contribution in [0.15, 0.2) is 17.5 Å². The van der Waals surface area contributed by atoms with Crippen molar-refractivity contribution >= 4 is 34.8 Å². The number of H-pyrrole nitrogens is 1. The first kappa shape index (κ1) is 15.4. The van der Waals surface area contributed by atoms with Crippen molar-refractivity contribution in [2.75, 3.05) is 5.32 Å². The summed E-state index contributed by atoms with van der Waals surface area (Å²) in [5, 5.41) is 11.5. The molecule has 0 fully saturated rings. The number of aromatic nitrogens is 2. The normalized spacial score (nSPS) is 13.0. The Labute approximate surface area is 136 Å². The summed E-state index contributed by atoms with van der Waals surface area (Å²) in [6.45, 7) is 2.42. The Hall–Kier alpha value is -2.48. The van der Waals surface area contributed by atoms with E-state index >= 15 is 0 Å². The predicted octanol–water partition coefficient (Wildman–Crippen LogP) is 1.93. The fraction of sp³-hybridized carbons (Fsp3) is 0.333. The molecule has 23 heavy (non-hydrogen) atoms. The smallest absolute Gasteiger partial charge is 0.226 e. The highest BCUT2D eigenvalue weighted by molar-refractivity contribution is 7.12. The molecular formula is C15H16N4O3S. The van der Waals surface area contributed by atoms with Crippen LogP contribution in [0.3, 0.4) is 0 Å². The van der Waals surface area contributed by atoms with Gasteiger partial charge in [0.05, 0.1) is 23.7 Å². The van der Waals surface area contributed by atoms with E-state index in [1.54, 1.807) is 11.0 Å². The van der Waals surface area contributed by atoms with Crippen molar-refractivity contribution in [1.29, 1.82) is 0 Å². The monoisotopic (exact) mass is 332 g/mol. The number of amides is 2. The van der Waals surface area contributed by atoms with Gasteiger partial charge in [0.25, 0.3) is 0 Å². The minimum atomic E-state index is -0.259. The van der Waals surface area contributed by atoms with Gasteiger partial charge in [-0.15, -0.1) is 11.3 Å². The highest BCUT2D eigenvalue weighted by atomic mass is 32.1. The molecule has 0 saturated heterocycles. The van der Waals surface area contributed by atoms with Crippen molar-refractivity contribution in [3.63, 3.8) is 0 Å². The number of hydrogen-bond donors (Lipinski definition) is 2. The Bertz CT molecular complexity index is 751. The van der Waals surface area contributed by atoms with Crippen LogP contribution in [0, 0.1) is 0 Å². The Morgan fingerprint density at radius 1 is 1.35 bits per heavy atom. The first-order valence-electron chi connectivity index (χ1n) is 7.23. The van der Waals surface area contributed by atoms with E-state index in [0.717, 1.165) is 11.3 Å². The van der Waals surface area contributed by atoms with Crippen LogP contribution in [0.2, 0.25) is 0 Å². The second-order valence-electron chi connectivity index (χ2n) is 5.35. The predicted molar refractivity (Wildman–Crippen MR) is 85.0 cm³/mol. The van der Waals surface area contributed by atoms with Gasteiger partial charge in [-0.05, 0) is 11.4 Å². The van der Waals surface area contributed by atoms with Crippen LogP contribution in [0.4, 0.5) is 5.82 Å². The van der Waals surface area contributed by atoms with Gasteiger partial charge < -0.3 is 10.2 Å². The third-order valence-electron chi connectivity index (χ3n) is 3.73. The number of rotatable bonds is 5. The molecule has 0 aromatic carbocycles. The zero-order chi connectivity index (χ0) is 16.4. The first-order valence-corrected chi connectivity index (χ1v) is 8.10. The van der Waals surface area contributed by atoms with Gasteiger partial charge >= 0.3 is 0 Å². The van der Waals surface area contributed by atoms with Gasteiger partial charge in [-0.25, -0.2) is 0 Å². The minimum absolute atomic E-state index is 0.0200. The minimum Gasteiger partial charge on any atom is -0.333 e. The topological polar surface area (TPSA) is 95.2 Å². The van der Waals surface area contributed by atoms with Crippen molar-refractivity contribution in [3.8, 4) is 0 Å². The van der Waals surface area contributed by atoms with E-state index in [9.17, 15) is 14.4 Å². The summed E-state index contributed by atoms with van der Waals surface area (Å²) in [6, 6.07) is 3.56. The van der Waals surface area contributed by atoms with Gasteiger partial charge in [-0.3, -0.25) is 19.5 Å². The van der Waals surface area contributed by atoms with E-state index in [1.165, 1.54) is 18.3 Å². The van der Waals surface area contributed by atoms with E-state index in [-0.39, 0.29) is 30.4 Å². The number of thiophene rings is 1. The molecule has 1 aliphatic heterocycles. The summed E-state index contributed by atoms with van der Waals surface area (Å²) >= 11 is 1.37. The first-order chi connectivity index (χ1) is 11.0. The van der Waals surface area contributed by atoms with E-state index in [1.807, 2.05) is 11.4 Å². The maximum atomic E-state index is 12.0. The van der Waals surface area contributed by atoms with Crippen LogP contribution in [0.25, 0.3) is 0 Å². The maximum absolute atomic E-state index is 12.0. The highest BCUT2D eigenvalue weighted by Gasteiger charge is 2.27. The van der Waals surface area contributed by atoms with Gasteiger partial charge in [-0.1, -0.05) is 6.07 Å². The average Bonchev–Trinajstić information content (AvgIpc) is 3.22. The van der Waals surface area contributed by atoms with Crippen molar-refractivity contribution in [2.24, 2.45) is 0 Å². The SMILES string of the molecule is CC(=O)N1Cc2[nH]nc(NC(=O)CCC(=O)c3cccs3)c2C1. The summed E-state index contributed by atoms with van der Waals surface area (Å²) < 4.78 is 0. The third-order valence-corrected chi connectivity index (χ3v) is 4.64. The van der Waals surface area contributed by atoms with Crippen molar-refractivity contribution in [3.05, 3.63) is 33.6 Å². The average molecular weight is 332 g/mol. The zero-order valence-corrected chi connectivity index (χ0v) is 13.4.